The number of nitrogens with one attached hydrogen (secondary N) is 1. The molecule has 1 saturated carbocycles. The van der Waals surface area contributed by atoms with E-state index in [9.17, 15) is 37.8 Å². The number of nitrogens with zero attached hydrogens (tertiary/aromatic N) is 4. The Labute approximate surface area is 255 Å². The quantitative estimate of drug-likeness (QED) is 0.207. The van der Waals surface area contributed by atoms with Gasteiger partial charge in [0.1, 0.15) is 11.6 Å². The van der Waals surface area contributed by atoms with Crippen molar-refractivity contribution in [3.63, 3.8) is 0 Å². The molecule has 1 aliphatic carbocycles. The number of aliphatic hydroxyl groups excluding tert-OH is 1. The normalized spacial score (nSPS) is 25.1. The van der Waals surface area contributed by atoms with Crippen LogP contribution in [0.3, 0.4) is 0 Å². The maximum Gasteiger partial charge on any atom is 0.405 e. The number of hydrogen-bond acceptors (Lipinski definition) is 11. The standard InChI is InChI=1S/C27H43N7O9S/c1-26(2,40)20-14-30-32-34(20)17-13-18(23(37)31-27(21(35)22(28)36)8-10-44(41,42)11-9-27)33(15-17)24(38)19(43-25(29)39)12-16-6-4-3-5-7-16/h14,16-19,21,35,40H,3-13,15H2,1-2H3,(H2,28,36)(H2,29,39)(H,31,37)/t17-,18-,19?,21?/m0/s1. The van der Waals surface area contributed by atoms with Crippen molar-refractivity contribution >= 4 is 33.7 Å². The van der Waals surface area contributed by atoms with Crippen molar-refractivity contribution in [3.8, 4) is 0 Å². The molecule has 16 nitrogen and oxygen atoms in total. The first kappa shape index (κ1) is 33.6. The van der Waals surface area contributed by atoms with Gasteiger partial charge in [-0.2, -0.15) is 0 Å². The molecule has 4 amide bonds. The SMILES string of the molecule is CC(C)(O)c1cnnn1[C@H]1C[C@@H](C(=O)NC2(C(O)C(N)=O)CCS(=O)(=O)CC2)N(C(=O)C(CC2CCCCC2)OC(N)=O)C1. The van der Waals surface area contributed by atoms with Gasteiger partial charge in [-0.05, 0) is 39.0 Å². The molecule has 44 heavy (non-hydrogen) atoms. The molecule has 3 aliphatic rings. The third-order valence-corrected chi connectivity index (χ3v) is 10.8. The summed E-state index contributed by atoms with van der Waals surface area (Å²) in [5, 5.41) is 32.1. The second kappa shape index (κ2) is 13.0. The van der Waals surface area contributed by atoms with Gasteiger partial charge in [-0.25, -0.2) is 17.9 Å². The predicted molar refractivity (Wildman–Crippen MR) is 154 cm³/mol. The maximum absolute atomic E-state index is 14.1. The molecular formula is C27H43N7O9S. The lowest BCUT2D eigenvalue weighted by Crippen LogP contribution is -2.66. The van der Waals surface area contributed by atoms with Gasteiger partial charge in [0.25, 0.3) is 5.91 Å². The van der Waals surface area contributed by atoms with Crippen molar-refractivity contribution in [2.75, 3.05) is 18.1 Å². The van der Waals surface area contributed by atoms with Crippen LogP contribution in [0.25, 0.3) is 0 Å². The van der Waals surface area contributed by atoms with Gasteiger partial charge in [0, 0.05) is 13.0 Å². The number of likely N-dealkylation sites (tertiary alicyclic amines) is 1. The van der Waals surface area contributed by atoms with Gasteiger partial charge in [0.15, 0.2) is 22.0 Å². The van der Waals surface area contributed by atoms with Gasteiger partial charge < -0.3 is 36.6 Å². The molecule has 7 N–H and O–H groups in total. The molecule has 3 heterocycles. The Morgan fingerprint density at radius 2 is 1.80 bits per heavy atom. The van der Waals surface area contributed by atoms with Crippen LogP contribution < -0.4 is 16.8 Å². The van der Waals surface area contributed by atoms with Crippen LogP contribution in [-0.4, -0.2) is 104 Å². The lowest BCUT2D eigenvalue weighted by atomic mass is 9.84. The minimum Gasteiger partial charge on any atom is -0.436 e. The zero-order valence-corrected chi connectivity index (χ0v) is 25.9. The third kappa shape index (κ3) is 7.48. The smallest absolute Gasteiger partial charge is 0.405 e. The van der Waals surface area contributed by atoms with E-state index in [1.165, 1.54) is 29.6 Å². The Morgan fingerprint density at radius 1 is 1.16 bits per heavy atom. The highest BCUT2D eigenvalue weighted by Crippen LogP contribution is 2.35. The molecule has 3 fully saturated rings. The number of sulfone groups is 1. The minimum absolute atomic E-state index is 0.0161. The summed E-state index contributed by atoms with van der Waals surface area (Å²) in [5.74, 6) is -3.23. The first-order valence-electron chi connectivity index (χ1n) is 14.9. The molecule has 2 aliphatic heterocycles. The Morgan fingerprint density at radius 3 is 2.36 bits per heavy atom. The van der Waals surface area contributed by atoms with Gasteiger partial charge >= 0.3 is 6.09 Å². The molecule has 4 rings (SSSR count). The fraction of sp³-hybridized carbons (Fsp3) is 0.778. The van der Waals surface area contributed by atoms with Gasteiger partial charge in [0.05, 0.1) is 35.0 Å². The van der Waals surface area contributed by atoms with Crippen LogP contribution in [0.1, 0.15) is 83.4 Å². The first-order chi connectivity index (χ1) is 20.5. The van der Waals surface area contributed by atoms with E-state index < -0.39 is 80.6 Å². The van der Waals surface area contributed by atoms with Crippen molar-refractivity contribution in [1.29, 1.82) is 0 Å². The summed E-state index contributed by atoms with van der Waals surface area (Å²) in [7, 11) is -3.47. The zero-order chi connectivity index (χ0) is 32.4. The molecule has 2 saturated heterocycles. The van der Waals surface area contributed by atoms with E-state index in [1.54, 1.807) is 0 Å². The molecule has 17 heteroatoms. The molecular weight excluding hydrogens is 598 g/mol. The van der Waals surface area contributed by atoms with Crippen LogP contribution in [-0.2, 0) is 34.6 Å². The van der Waals surface area contributed by atoms with Crippen molar-refractivity contribution in [1.82, 2.24) is 25.2 Å². The van der Waals surface area contributed by atoms with Crippen molar-refractivity contribution < 1.29 is 42.5 Å². The van der Waals surface area contributed by atoms with E-state index in [2.05, 4.69) is 15.6 Å². The summed E-state index contributed by atoms with van der Waals surface area (Å²) < 4.78 is 31.1. The molecule has 0 bridgehead atoms. The number of hydrogen-bond donors (Lipinski definition) is 5. The average molecular weight is 642 g/mol. The van der Waals surface area contributed by atoms with Crippen LogP contribution in [0.5, 0.6) is 0 Å². The number of nitrogens with two attached hydrogens (primary N) is 2. The molecule has 1 aromatic rings. The molecule has 2 unspecified atom stereocenters. The van der Waals surface area contributed by atoms with E-state index in [4.69, 9.17) is 16.2 Å². The topological polar surface area (TPSA) is 250 Å². The average Bonchev–Trinajstić information content (AvgIpc) is 3.61. The van der Waals surface area contributed by atoms with Crippen molar-refractivity contribution in [3.05, 3.63) is 11.9 Å². The summed E-state index contributed by atoms with van der Waals surface area (Å²) in [6, 6.07) is -1.86. The number of carbonyl (C=O) groups is 4. The van der Waals surface area contributed by atoms with Gasteiger partial charge in [0.2, 0.25) is 11.8 Å². The highest BCUT2D eigenvalue weighted by atomic mass is 32.2. The molecule has 0 spiro atoms. The number of amides is 4. The van der Waals surface area contributed by atoms with E-state index in [1.807, 2.05) is 0 Å². The molecule has 246 valence electrons. The summed E-state index contributed by atoms with van der Waals surface area (Å²) >= 11 is 0. The zero-order valence-electron chi connectivity index (χ0n) is 25.1. The van der Waals surface area contributed by atoms with Crippen LogP contribution in [0, 0.1) is 5.92 Å². The van der Waals surface area contributed by atoms with E-state index in [-0.39, 0.29) is 38.1 Å². The Balaban J connectivity index is 1.67. The maximum atomic E-state index is 14.1. The number of carbonyl (C=O) groups excluding carboxylic acids is 4. The summed E-state index contributed by atoms with van der Waals surface area (Å²) in [5.41, 5.74) is 8.02. The minimum atomic E-state index is -3.47. The second-order valence-corrected chi connectivity index (χ2v) is 15.1. The van der Waals surface area contributed by atoms with Crippen LogP contribution in [0.15, 0.2) is 6.20 Å². The molecule has 0 aromatic carbocycles. The van der Waals surface area contributed by atoms with Crippen molar-refractivity contribution in [2.24, 2.45) is 17.4 Å². The largest absolute Gasteiger partial charge is 0.436 e. The number of aliphatic hydroxyl groups is 2. The van der Waals surface area contributed by atoms with E-state index >= 15 is 0 Å². The Kier molecular flexibility index (Phi) is 9.90. The predicted octanol–water partition coefficient (Wildman–Crippen LogP) is -1.01. The Bertz CT molecular complexity index is 1340. The lowest BCUT2D eigenvalue weighted by Gasteiger charge is -2.41. The number of rotatable bonds is 10. The molecule has 4 atom stereocenters. The monoisotopic (exact) mass is 641 g/mol. The fourth-order valence-corrected chi connectivity index (χ4v) is 8.21. The summed E-state index contributed by atoms with van der Waals surface area (Å²) in [4.78, 5) is 53.3. The van der Waals surface area contributed by atoms with Gasteiger partial charge in [-0.1, -0.05) is 37.3 Å². The Hall–Kier alpha value is -3.31. The number of ether oxygens (including phenoxy) is 1. The number of aromatic nitrogens is 3. The molecule has 0 radical (unpaired) electrons. The highest BCUT2D eigenvalue weighted by molar-refractivity contribution is 7.91. The summed E-state index contributed by atoms with van der Waals surface area (Å²) in [6.45, 7) is 3.00. The van der Waals surface area contributed by atoms with Crippen LogP contribution in [0.4, 0.5) is 4.79 Å². The molecule has 1 aromatic heterocycles. The van der Waals surface area contributed by atoms with Crippen LogP contribution in [0.2, 0.25) is 0 Å². The fourth-order valence-electron chi connectivity index (χ4n) is 6.65. The number of primary amides is 2. The van der Waals surface area contributed by atoms with Gasteiger partial charge in [-0.15, -0.1) is 5.10 Å². The van der Waals surface area contributed by atoms with Crippen LogP contribution >= 0.6 is 0 Å². The van der Waals surface area contributed by atoms with E-state index in [0.717, 1.165) is 32.1 Å². The lowest BCUT2D eigenvalue weighted by molar-refractivity contribution is -0.147. The van der Waals surface area contributed by atoms with Crippen molar-refractivity contribution in [2.45, 2.75) is 107 Å². The highest BCUT2D eigenvalue weighted by Gasteiger charge is 2.50. The second-order valence-electron chi connectivity index (χ2n) is 12.8. The van der Waals surface area contributed by atoms with E-state index in [0.29, 0.717) is 5.69 Å². The summed E-state index contributed by atoms with van der Waals surface area (Å²) in [6.07, 6.45) is 1.48. The third-order valence-electron chi connectivity index (χ3n) is 9.10. The first-order valence-corrected chi connectivity index (χ1v) is 16.7. The van der Waals surface area contributed by atoms with Gasteiger partial charge in [-0.3, -0.25) is 14.4 Å².